The third-order valence-corrected chi connectivity index (χ3v) is 2.38. The summed E-state index contributed by atoms with van der Waals surface area (Å²) >= 11 is 0. The lowest BCUT2D eigenvalue weighted by molar-refractivity contribution is 0.566. The molecule has 0 aromatic carbocycles. The Balaban J connectivity index is 2.97. The van der Waals surface area contributed by atoms with E-state index in [-0.39, 0.29) is 0 Å². The van der Waals surface area contributed by atoms with Crippen LogP contribution in [0.15, 0.2) is 0 Å². The first-order chi connectivity index (χ1) is 6.31. The topological polar surface area (TPSA) is 12.0 Å². The van der Waals surface area contributed by atoms with Crippen molar-refractivity contribution in [1.82, 2.24) is 5.32 Å². The van der Waals surface area contributed by atoms with Gasteiger partial charge in [0.25, 0.3) is 0 Å². The summed E-state index contributed by atoms with van der Waals surface area (Å²) in [5.74, 6) is 0. The minimum absolute atomic E-state index is 1.07. The van der Waals surface area contributed by atoms with Crippen LogP contribution in [0.5, 0.6) is 0 Å². The monoisotopic (exact) mass is 184 g/mol. The van der Waals surface area contributed by atoms with Crippen molar-refractivity contribution < 1.29 is 0 Å². The maximum Gasteiger partial charge on any atom is 0.0332 e. The summed E-state index contributed by atoms with van der Waals surface area (Å²) in [4.78, 5) is 0. The molecule has 1 nitrogen and oxygen atoms in total. The van der Waals surface area contributed by atoms with E-state index in [1.54, 1.807) is 0 Å². The zero-order valence-corrected chi connectivity index (χ0v) is 9.66. The van der Waals surface area contributed by atoms with Gasteiger partial charge in [0, 0.05) is 6.04 Å². The van der Waals surface area contributed by atoms with E-state index in [4.69, 9.17) is 0 Å². The number of unbranched alkanes of at least 4 members (excludes halogenated alkanes) is 5. The van der Waals surface area contributed by atoms with Gasteiger partial charge in [-0.05, 0) is 19.9 Å². The van der Waals surface area contributed by atoms with Crippen LogP contribution in [0.1, 0.15) is 65.7 Å². The lowest BCUT2D eigenvalue weighted by Crippen LogP contribution is -2.17. The first kappa shape index (κ1) is 13.0. The summed E-state index contributed by atoms with van der Waals surface area (Å²) < 4.78 is 0. The number of hydrogen-bond donors (Lipinski definition) is 1. The molecule has 1 N–H and O–H groups in total. The van der Waals surface area contributed by atoms with Crippen LogP contribution >= 0.6 is 0 Å². The van der Waals surface area contributed by atoms with E-state index >= 15 is 0 Å². The Kier molecular flexibility index (Phi) is 10.0. The molecule has 0 saturated heterocycles. The van der Waals surface area contributed by atoms with Gasteiger partial charge in [-0.15, -0.1) is 0 Å². The van der Waals surface area contributed by atoms with Gasteiger partial charge in [0.15, 0.2) is 0 Å². The van der Waals surface area contributed by atoms with Gasteiger partial charge < -0.3 is 5.32 Å². The molecule has 0 saturated carbocycles. The highest BCUT2D eigenvalue weighted by atomic mass is 14.9. The van der Waals surface area contributed by atoms with Crippen LogP contribution in [0.2, 0.25) is 0 Å². The van der Waals surface area contributed by atoms with Crippen LogP contribution in [0.25, 0.3) is 0 Å². The lowest BCUT2D eigenvalue weighted by atomic mass is 10.1. The van der Waals surface area contributed by atoms with Crippen molar-refractivity contribution >= 4 is 0 Å². The van der Waals surface area contributed by atoms with Crippen molar-refractivity contribution in [2.24, 2.45) is 0 Å². The first-order valence-corrected chi connectivity index (χ1v) is 5.87. The highest BCUT2D eigenvalue weighted by Crippen LogP contribution is 2.11. The minimum Gasteiger partial charge on any atom is -0.310 e. The third-order valence-electron chi connectivity index (χ3n) is 2.38. The van der Waals surface area contributed by atoms with Crippen LogP contribution in [0.4, 0.5) is 0 Å². The van der Waals surface area contributed by atoms with Crippen molar-refractivity contribution in [2.75, 3.05) is 6.54 Å². The van der Waals surface area contributed by atoms with Crippen LogP contribution < -0.4 is 5.32 Å². The molecule has 1 heteroatoms. The van der Waals surface area contributed by atoms with E-state index < -0.39 is 0 Å². The van der Waals surface area contributed by atoms with Gasteiger partial charge in [0.1, 0.15) is 0 Å². The van der Waals surface area contributed by atoms with Gasteiger partial charge in [0.2, 0.25) is 0 Å². The molecule has 0 aliphatic rings. The maximum atomic E-state index is 3.36. The van der Waals surface area contributed by atoms with Crippen molar-refractivity contribution in [1.29, 1.82) is 0 Å². The molecule has 0 aliphatic carbocycles. The molecule has 0 heterocycles. The van der Waals surface area contributed by atoms with E-state index in [2.05, 4.69) is 26.1 Å². The molecular formula is C12H26N. The van der Waals surface area contributed by atoms with Crippen molar-refractivity contribution in [3.8, 4) is 0 Å². The van der Waals surface area contributed by atoms with Gasteiger partial charge in [-0.1, -0.05) is 52.4 Å². The van der Waals surface area contributed by atoms with Gasteiger partial charge in [-0.2, -0.15) is 0 Å². The summed E-state index contributed by atoms with van der Waals surface area (Å²) in [6.07, 6.45) is 9.65. The van der Waals surface area contributed by atoms with Crippen molar-refractivity contribution in [2.45, 2.75) is 65.7 Å². The van der Waals surface area contributed by atoms with Gasteiger partial charge >= 0.3 is 0 Å². The normalized spacial score (nSPS) is 11.1. The van der Waals surface area contributed by atoms with E-state index in [9.17, 15) is 0 Å². The number of nitrogens with one attached hydrogen (secondary N) is 1. The van der Waals surface area contributed by atoms with Crippen LogP contribution in [-0.2, 0) is 0 Å². The molecule has 0 aromatic heterocycles. The van der Waals surface area contributed by atoms with Crippen LogP contribution in [0.3, 0.4) is 0 Å². The quantitative estimate of drug-likeness (QED) is 0.536. The summed E-state index contributed by atoms with van der Waals surface area (Å²) in [6.45, 7) is 7.70. The average molecular weight is 184 g/mol. The highest BCUT2D eigenvalue weighted by Gasteiger charge is 1.99. The summed E-state index contributed by atoms with van der Waals surface area (Å²) in [7, 11) is 0. The number of hydrogen-bond acceptors (Lipinski definition) is 1. The Bertz CT molecular complexity index is 91.1. The second-order valence-corrected chi connectivity index (χ2v) is 3.83. The maximum absolute atomic E-state index is 3.36. The molecule has 0 rings (SSSR count). The minimum atomic E-state index is 1.07. The zero-order chi connectivity index (χ0) is 9.94. The van der Waals surface area contributed by atoms with Crippen molar-refractivity contribution in [3.05, 3.63) is 6.04 Å². The predicted octanol–water partition coefficient (Wildman–Crippen LogP) is 3.90. The third kappa shape index (κ3) is 9.88. The standard InChI is InChI=1S/C12H26N/c1-4-6-7-8-9-10-11-12(3)13-5-2/h13H,4-11H2,1-3H3. The molecule has 0 amide bonds. The fourth-order valence-corrected chi connectivity index (χ4v) is 1.56. The average Bonchev–Trinajstić information content (AvgIpc) is 2.11. The van der Waals surface area contributed by atoms with Crippen LogP contribution in [-0.4, -0.2) is 6.54 Å². The zero-order valence-electron chi connectivity index (χ0n) is 9.66. The van der Waals surface area contributed by atoms with Crippen LogP contribution in [0, 0.1) is 6.04 Å². The van der Waals surface area contributed by atoms with Gasteiger partial charge in [-0.3, -0.25) is 0 Å². The van der Waals surface area contributed by atoms with E-state index in [0.29, 0.717) is 0 Å². The highest BCUT2D eigenvalue weighted by molar-refractivity contribution is 4.79. The second kappa shape index (κ2) is 10.0. The Hall–Kier alpha value is -0.0400. The molecule has 0 bridgehead atoms. The molecule has 0 aromatic rings. The van der Waals surface area contributed by atoms with E-state index in [0.717, 1.165) is 6.54 Å². The second-order valence-electron chi connectivity index (χ2n) is 3.83. The molecule has 13 heavy (non-hydrogen) atoms. The first-order valence-electron chi connectivity index (χ1n) is 5.87. The molecule has 79 valence electrons. The largest absolute Gasteiger partial charge is 0.310 e. The van der Waals surface area contributed by atoms with E-state index in [1.165, 1.54) is 51.0 Å². The molecule has 0 spiro atoms. The van der Waals surface area contributed by atoms with Crippen molar-refractivity contribution in [3.63, 3.8) is 0 Å². The lowest BCUT2D eigenvalue weighted by Gasteiger charge is -2.10. The molecule has 0 atom stereocenters. The fourth-order valence-electron chi connectivity index (χ4n) is 1.56. The van der Waals surface area contributed by atoms with Gasteiger partial charge in [-0.25, -0.2) is 0 Å². The summed E-state index contributed by atoms with van der Waals surface area (Å²) in [5.41, 5.74) is 0. The Morgan fingerprint density at radius 2 is 1.54 bits per heavy atom. The molecule has 0 fully saturated rings. The number of rotatable bonds is 9. The van der Waals surface area contributed by atoms with E-state index in [1.807, 2.05) is 0 Å². The van der Waals surface area contributed by atoms with Gasteiger partial charge in [0.05, 0.1) is 0 Å². The Labute approximate surface area is 84.3 Å². The SMILES string of the molecule is CCCCCCCC[C](C)NCC. The molecule has 0 unspecified atom stereocenters. The fraction of sp³-hybridized carbons (Fsp3) is 0.917. The smallest absolute Gasteiger partial charge is 0.0332 e. The molecular weight excluding hydrogens is 158 g/mol. The summed E-state index contributed by atoms with van der Waals surface area (Å²) in [5, 5.41) is 3.36. The Morgan fingerprint density at radius 3 is 2.15 bits per heavy atom. The Morgan fingerprint density at radius 1 is 0.923 bits per heavy atom. The molecule has 1 radical (unpaired) electrons. The molecule has 0 aliphatic heterocycles. The summed E-state index contributed by atoms with van der Waals surface area (Å²) in [6, 6.07) is 1.46. The predicted molar refractivity (Wildman–Crippen MR) is 60.6 cm³/mol.